The molecule has 2 unspecified atom stereocenters. The lowest BCUT2D eigenvalue weighted by Crippen LogP contribution is -2.41. The fourth-order valence-electron chi connectivity index (χ4n) is 0.659. The number of aliphatic hydroxyl groups is 1. The average molecular weight is 202 g/mol. The monoisotopic (exact) mass is 202 g/mol. The highest BCUT2D eigenvalue weighted by Crippen LogP contribution is 2.29. The van der Waals surface area contributed by atoms with Crippen LogP contribution < -0.4 is 0 Å². The summed E-state index contributed by atoms with van der Waals surface area (Å²) < 4.78 is 45.8. The Morgan fingerprint density at radius 3 is 2.67 bits per heavy atom. The summed E-state index contributed by atoms with van der Waals surface area (Å²) in [5.74, 6) is -2.84. The number of methoxy groups -OCH3 is 1. The predicted octanol–water partition coefficient (Wildman–Crippen LogP) is -1.09. The second-order valence-corrected chi connectivity index (χ2v) is 3.35. The van der Waals surface area contributed by atoms with Crippen LogP contribution in [0.15, 0.2) is 0 Å². The summed E-state index contributed by atoms with van der Waals surface area (Å²) in [6, 6.07) is 0. The van der Waals surface area contributed by atoms with Crippen LogP contribution >= 0.6 is 0 Å². The summed E-state index contributed by atoms with van der Waals surface area (Å²) >= 11 is 0. The van der Waals surface area contributed by atoms with Crippen molar-refractivity contribution in [3.05, 3.63) is 0 Å². The summed E-state index contributed by atoms with van der Waals surface area (Å²) in [6.45, 7) is -0.912. The van der Waals surface area contributed by atoms with E-state index >= 15 is 0 Å². The number of hydrogen-bond donors (Lipinski definition) is 1. The van der Waals surface area contributed by atoms with Crippen molar-refractivity contribution in [3.63, 3.8) is 0 Å². The number of hydrogen-bond acceptors (Lipinski definition) is 6. The average Bonchev–Trinajstić information content (AvgIpc) is 2.25. The Morgan fingerprint density at radius 2 is 2.33 bits per heavy atom. The molecule has 0 spiro atoms. The minimum absolute atomic E-state index is 0.912. The standard InChI is InChI=1S/C4H7FO6S/c1-9-3(6)4(5)2-10-12(7,8)11-4/h3,6H,2H2,1H3. The molecule has 8 heteroatoms. The second-order valence-electron chi connectivity index (χ2n) is 2.13. The van der Waals surface area contributed by atoms with Crippen LogP contribution in [0.5, 0.6) is 0 Å². The summed E-state index contributed by atoms with van der Waals surface area (Å²) in [5, 5.41) is 8.78. The molecular formula is C4H7FO6S. The van der Waals surface area contributed by atoms with Gasteiger partial charge in [0, 0.05) is 7.11 Å². The molecule has 0 aromatic carbocycles. The molecule has 0 amide bonds. The van der Waals surface area contributed by atoms with Gasteiger partial charge in [0.1, 0.15) is 6.61 Å². The van der Waals surface area contributed by atoms with E-state index in [2.05, 4.69) is 13.1 Å². The topological polar surface area (TPSA) is 82.1 Å². The number of aliphatic hydroxyl groups excluding tert-OH is 1. The van der Waals surface area contributed by atoms with Crippen molar-refractivity contribution in [1.29, 1.82) is 0 Å². The van der Waals surface area contributed by atoms with Crippen LogP contribution in [-0.2, 0) is 23.5 Å². The third-order valence-electron chi connectivity index (χ3n) is 1.23. The van der Waals surface area contributed by atoms with Crippen LogP contribution in [0.25, 0.3) is 0 Å². The Bertz CT molecular complexity index is 263. The normalized spacial score (nSPS) is 36.6. The van der Waals surface area contributed by atoms with Gasteiger partial charge in [-0.25, -0.2) is 12.8 Å². The summed E-state index contributed by atoms with van der Waals surface area (Å²) in [5.41, 5.74) is 0. The highest BCUT2D eigenvalue weighted by atomic mass is 32.3. The van der Waals surface area contributed by atoms with Gasteiger partial charge in [-0.05, 0) is 0 Å². The molecule has 1 aliphatic rings. The molecule has 1 aliphatic heterocycles. The third kappa shape index (κ3) is 1.72. The predicted molar refractivity (Wildman–Crippen MR) is 32.8 cm³/mol. The van der Waals surface area contributed by atoms with Gasteiger partial charge in [-0.2, -0.15) is 8.42 Å². The zero-order chi connectivity index (χ0) is 9.41. The van der Waals surface area contributed by atoms with Crippen LogP contribution in [0.1, 0.15) is 0 Å². The molecule has 0 bridgehead atoms. The van der Waals surface area contributed by atoms with Gasteiger partial charge in [0.2, 0.25) is 6.29 Å². The molecule has 12 heavy (non-hydrogen) atoms. The van der Waals surface area contributed by atoms with E-state index in [1.165, 1.54) is 0 Å². The van der Waals surface area contributed by atoms with Crippen molar-refractivity contribution in [2.75, 3.05) is 13.7 Å². The molecule has 2 atom stereocenters. The maximum atomic E-state index is 13.1. The van der Waals surface area contributed by atoms with Gasteiger partial charge in [-0.3, -0.25) is 0 Å². The molecule has 1 rings (SSSR count). The fourth-order valence-corrected chi connectivity index (χ4v) is 1.48. The lowest BCUT2D eigenvalue weighted by Gasteiger charge is -2.19. The molecule has 0 aliphatic carbocycles. The molecule has 0 radical (unpaired) electrons. The zero-order valence-electron chi connectivity index (χ0n) is 6.06. The van der Waals surface area contributed by atoms with E-state index in [0.29, 0.717) is 0 Å². The molecular weight excluding hydrogens is 195 g/mol. The Hall–Kier alpha value is -0.280. The first-order chi connectivity index (χ1) is 5.40. The summed E-state index contributed by atoms with van der Waals surface area (Å²) in [7, 11) is -3.32. The number of halogens is 1. The second kappa shape index (κ2) is 2.89. The third-order valence-corrected chi connectivity index (χ3v) is 2.12. The summed E-state index contributed by atoms with van der Waals surface area (Å²) in [4.78, 5) is 0. The molecule has 0 saturated carbocycles. The van der Waals surface area contributed by atoms with Crippen molar-refractivity contribution in [2.45, 2.75) is 12.1 Å². The Kier molecular flexibility index (Phi) is 2.36. The Labute approximate surface area is 68.2 Å². The molecule has 1 heterocycles. The van der Waals surface area contributed by atoms with Gasteiger partial charge in [0.15, 0.2) is 0 Å². The van der Waals surface area contributed by atoms with Crippen LogP contribution in [0.3, 0.4) is 0 Å². The SMILES string of the molecule is COC(O)C1(F)COS(=O)(=O)O1. The van der Waals surface area contributed by atoms with Crippen LogP contribution in [0.4, 0.5) is 4.39 Å². The Balaban J connectivity index is 2.77. The van der Waals surface area contributed by atoms with E-state index < -0.39 is 29.2 Å². The van der Waals surface area contributed by atoms with Crippen LogP contribution in [0.2, 0.25) is 0 Å². The first kappa shape index (κ1) is 9.81. The van der Waals surface area contributed by atoms with E-state index in [9.17, 15) is 12.8 Å². The van der Waals surface area contributed by atoms with Gasteiger partial charge in [-0.1, -0.05) is 0 Å². The van der Waals surface area contributed by atoms with E-state index in [4.69, 9.17) is 5.11 Å². The lowest BCUT2D eigenvalue weighted by atomic mass is 10.3. The first-order valence-electron chi connectivity index (χ1n) is 2.89. The van der Waals surface area contributed by atoms with Crippen molar-refractivity contribution in [1.82, 2.24) is 0 Å². The van der Waals surface area contributed by atoms with E-state index in [-0.39, 0.29) is 0 Å². The molecule has 6 nitrogen and oxygen atoms in total. The number of alkyl halides is 1. The van der Waals surface area contributed by atoms with E-state index in [0.717, 1.165) is 7.11 Å². The largest absolute Gasteiger partial charge is 0.403 e. The minimum atomic E-state index is -4.32. The summed E-state index contributed by atoms with van der Waals surface area (Å²) in [6.07, 6.45) is -1.99. The zero-order valence-corrected chi connectivity index (χ0v) is 6.88. The van der Waals surface area contributed by atoms with Crippen molar-refractivity contribution >= 4 is 10.4 Å². The van der Waals surface area contributed by atoms with Gasteiger partial charge < -0.3 is 9.84 Å². The van der Waals surface area contributed by atoms with Crippen molar-refractivity contribution in [3.8, 4) is 0 Å². The Morgan fingerprint density at radius 1 is 1.75 bits per heavy atom. The number of rotatable bonds is 2. The van der Waals surface area contributed by atoms with Crippen molar-refractivity contribution < 1.29 is 31.0 Å². The smallest absolute Gasteiger partial charge is 0.363 e. The molecule has 0 aromatic heterocycles. The molecule has 72 valence electrons. The van der Waals surface area contributed by atoms with E-state index in [1.807, 2.05) is 0 Å². The van der Waals surface area contributed by atoms with Crippen LogP contribution in [-0.4, -0.2) is 39.4 Å². The minimum Gasteiger partial charge on any atom is -0.363 e. The number of ether oxygens (including phenoxy) is 1. The molecule has 1 fully saturated rings. The maximum absolute atomic E-state index is 13.1. The van der Waals surface area contributed by atoms with Gasteiger partial charge in [0.05, 0.1) is 0 Å². The highest BCUT2D eigenvalue weighted by Gasteiger charge is 2.52. The van der Waals surface area contributed by atoms with Gasteiger partial charge >= 0.3 is 16.3 Å². The molecule has 0 aromatic rings. The first-order valence-corrected chi connectivity index (χ1v) is 4.23. The molecule has 1 N–H and O–H groups in total. The quantitative estimate of drug-likeness (QED) is 0.573. The fraction of sp³-hybridized carbons (Fsp3) is 1.00. The molecule has 1 saturated heterocycles. The van der Waals surface area contributed by atoms with Gasteiger partial charge in [0.25, 0.3) is 0 Å². The van der Waals surface area contributed by atoms with Crippen molar-refractivity contribution in [2.24, 2.45) is 0 Å². The highest BCUT2D eigenvalue weighted by molar-refractivity contribution is 7.82. The van der Waals surface area contributed by atoms with Crippen LogP contribution in [0, 0.1) is 0 Å². The maximum Gasteiger partial charge on any atom is 0.403 e. The van der Waals surface area contributed by atoms with E-state index in [1.54, 1.807) is 0 Å². The lowest BCUT2D eigenvalue weighted by molar-refractivity contribution is -0.237. The van der Waals surface area contributed by atoms with Gasteiger partial charge in [-0.15, -0.1) is 0 Å².